The van der Waals surface area contributed by atoms with E-state index in [0.717, 1.165) is 22.3 Å². The second-order valence-corrected chi connectivity index (χ2v) is 11.7. The van der Waals surface area contributed by atoms with Gasteiger partial charge in [0.1, 0.15) is 11.7 Å². The molecule has 1 atom stereocenters. The van der Waals surface area contributed by atoms with Gasteiger partial charge in [0, 0.05) is 35.8 Å². The average molecular weight is 647 g/mol. The molecule has 1 aliphatic heterocycles. The van der Waals surface area contributed by atoms with Gasteiger partial charge in [-0.1, -0.05) is 96.5 Å². The molecular weight excluding hydrogens is 615 g/mol. The van der Waals surface area contributed by atoms with Crippen LogP contribution in [0.15, 0.2) is 121 Å². The number of nitrogens with zero attached hydrogens (tertiary/aromatic N) is 2. The van der Waals surface area contributed by atoms with Crippen molar-refractivity contribution in [2.75, 3.05) is 9.80 Å². The zero-order valence-electron chi connectivity index (χ0n) is 25.4. The second kappa shape index (κ2) is 14.0. The van der Waals surface area contributed by atoms with Crippen LogP contribution >= 0.6 is 11.6 Å². The van der Waals surface area contributed by atoms with Crippen molar-refractivity contribution in [3.63, 3.8) is 0 Å². The Labute approximate surface area is 277 Å². The SMILES string of the molecule is NCc1ccc(N2C(=O)C(CC(=O)NCc3ccccc3F)C(=O)N(Cc3ccc(-c4ccccc4)cc3)c3cc(Cl)ccc32)cc1. The highest BCUT2D eigenvalue weighted by Gasteiger charge is 2.42. The van der Waals surface area contributed by atoms with Crippen LogP contribution in [0.5, 0.6) is 0 Å². The summed E-state index contributed by atoms with van der Waals surface area (Å²) in [5.41, 5.74) is 11.3. The number of hydrogen-bond acceptors (Lipinski definition) is 4. The van der Waals surface area contributed by atoms with Gasteiger partial charge in [0.15, 0.2) is 0 Å². The van der Waals surface area contributed by atoms with Crippen molar-refractivity contribution in [2.45, 2.75) is 26.1 Å². The lowest BCUT2D eigenvalue weighted by Crippen LogP contribution is -2.43. The van der Waals surface area contributed by atoms with Gasteiger partial charge in [-0.2, -0.15) is 0 Å². The molecule has 0 radical (unpaired) electrons. The van der Waals surface area contributed by atoms with Gasteiger partial charge in [-0.3, -0.25) is 19.3 Å². The van der Waals surface area contributed by atoms with Crippen LogP contribution in [0.2, 0.25) is 5.02 Å². The van der Waals surface area contributed by atoms with E-state index in [1.165, 1.54) is 15.9 Å². The number of carbonyl (C=O) groups is 3. The number of nitrogens with one attached hydrogen (secondary N) is 1. The summed E-state index contributed by atoms with van der Waals surface area (Å²) in [4.78, 5) is 45.1. The smallest absolute Gasteiger partial charge is 0.244 e. The molecule has 0 saturated carbocycles. The molecule has 3 N–H and O–H groups in total. The molecule has 0 aliphatic carbocycles. The fourth-order valence-corrected chi connectivity index (χ4v) is 5.85. The summed E-state index contributed by atoms with van der Waals surface area (Å²) in [6.45, 7) is 0.362. The maximum absolute atomic E-state index is 14.4. The number of rotatable bonds is 9. The first-order valence-corrected chi connectivity index (χ1v) is 15.6. The van der Waals surface area contributed by atoms with Crippen molar-refractivity contribution in [3.05, 3.63) is 149 Å². The molecule has 7 nitrogen and oxygen atoms in total. The molecule has 236 valence electrons. The Balaban J connectivity index is 1.37. The molecule has 1 unspecified atom stereocenters. The first kappa shape index (κ1) is 31.7. The van der Waals surface area contributed by atoms with Crippen molar-refractivity contribution in [3.8, 4) is 11.1 Å². The van der Waals surface area contributed by atoms with Crippen molar-refractivity contribution in [1.29, 1.82) is 0 Å². The summed E-state index contributed by atoms with van der Waals surface area (Å²) in [5.74, 6) is -3.51. The average Bonchev–Trinajstić information content (AvgIpc) is 3.17. The minimum absolute atomic E-state index is 0.0851. The first-order valence-electron chi connectivity index (χ1n) is 15.2. The van der Waals surface area contributed by atoms with E-state index in [2.05, 4.69) is 5.32 Å². The van der Waals surface area contributed by atoms with Gasteiger partial charge in [-0.15, -0.1) is 0 Å². The van der Waals surface area contributed by atoms with E-state index < -0.39 is 35.9 Å². The molecule has 1 heterocycles. The number of fused-ring (bicyclic) bond motifs is 1. The Morgan fingerprint density at radius 3 is 2.13 bits per heavy atom. The maximum atomic E-state index is 14.4. The summed E-state index contributed by atoms with van der Waals surface area (Å²) in [6, 6.07) is 36.0. The van der Waals surface area contributed by atoms with E-state index in [0.29, 0.717) is 34.2 Å². The Morgan fingerprint density at radius 1 is 0.766 bits per heavy atom. The molecule has 0 saturated heterocycles. The molecule has 5 aromatic carbocycles. The third-order valence-corrected chi connectivity index (χ3v) is 8.44. The number of hydrogen-bond donors (Lipinski definition) is 2. The lowest BCUT2D eigenvalue weighted by Gasteiger charge is -2.26. The predicted molar refractivity (Wildman–Crippen MR) is 182 cm³/mol. The number of anilines is 3. The number of nitrogens with two attached hydrogens (primary N) is 1. The number of benzene rings is 5. The van der Waals surface area contributed by atoms with Crippen LogP contribution in [-0.4, -0.2) is 17.7 Å². The van der Waals surface area contributed by atoms with Crippen LogP contribution in [0.1, 0.15) is 23.1 Å². The minimum atomic E-state index is -1.38. The Hall–Kier alpha value is -5.31. The highest BCUT2D eigenvalue weighted by atomic mass is 35.5. The van der Waals surface area contributed by atoms with Crippen LogP contribution in [0.4, 0.5) is 21.5 Å². The maximum Gasteiger partial charge on any atom is 0.244 e. The van der Waals surface area contributed by atoms with Crippen molar-refractivity contribution in [1.82, 2.24) is 5.32 Å². The Morgan fingerprint density at radius 2 is 1.43 bits per heavy atom. The van der Waals surface area contributed by atoms with E-state index in [1.807, 2.05) is 66.7 Å². The standard InChI is InChI=1S/C38H32ClFN4O3/c39-30-16-19-34-35(20-30)43(24-26-10-14-28(15-11-26)27-6-2-1-3-7-27)37(46)32(21-36(45)42-23-29-8-4-5-9-33(29)40)38(47)44(34)31-17-12-25(22-41)13-18-31/h1-20,32H,21-24,41H2,(H,42,45). The first-order chi connectivity index (χ1) is 22.8. The van der Waals surface area contributed by atoms with Gasteiger partial charge in [-0.05, 0) is 58.7 Å². The fraction of sp³-hybridized carbons (Fsp3) is 0.132. The molecule has 0 bridgehead atoms. The van der Waals surface area contributed by atoms with Gasteiger partial charge in [0.05, 0.1) is 17.9 Å². The second-order valence-electron chi connectivity index (χ2n) is 11.3. The topological polar surface area (TPSA) is 95.7 Å². The Bertz CT molecular complexity index is 1920. The van der Waals surface area contributed by atoms with E-state index in [9.17, 15) is 18.8 Å². The molecule has 6 rings (SSSR count). The van der Waals surface area contributed by atoms with Crippen molar-refractivity contribution in [2.24, 2.45) is 11.7 Å². The monoisotopic (exact) mass is 646 g/mol. The van der Waals surface area contributed by atoms with Gasteiger partial charge < -0.3 is 16.0 Å². The van der Waals surface area contributed by atoms with Crippen LogP contribution in [-0.2, 0) is 34.0 Å². The number of halogens is 2. The quantitative estimate of drug-likeness (QED) is 0.166. The molecule has 0 spiro atoms. The minimum Gasteiger partial charge on any atom is -0.352 e. The zero-order valence-corrected chi connectivity index (χ0v) is 26.2. The summed E-state index contributed by atoms with van der Waals surface area (Å²) in [5, 5.41) is 3.06. The van der Waals surface area contributed by atoms with Crippen LogP contribution in [0.25, 0.3) is 11.1 Å². The zero-order chi connectivity index (χ0) is 32.9. The van der Waals surface area contributed by atoms with Crippen LogP contribution in [0.3, 0.4) is 0 Å². The van der Waals surface area contributed by atoms with E-state index >= 15 is 0 Å². The van der Waals surface area contributed by atoms with Crippen LogP contribution in [0, 0.1) is 11.7 Å². The third kappa shape index (κ3) is 6.94. The van der Waals surface area contributed by atoms with Gasteiger partial charge in [0.25, 0.3) is 0 Å². The third-order valence-electron chi connectivity index (χ3n) is 8.21. The largest absolute Gasteiger partial charge is 0.352 e. The lowest BCUT2D eigenvalue weighted by atomic mass is 10.00. The van der Waals surface area contributed by atoms with E-state index in [-0.39, 0.29) is 13.1 Å². The van der Waals surface area contributed by atoms with Gasteiger partial charge in [0.2, 0.25) is 17.7 Å². The lowest BCUT2D eigenvalue weighted by molar-refractivity contribution is -0.136. The highest BCUT2D eigenvalue weighted by Crippen LogP contribution is 2.42. The summed E-state index contributed by atoms with van der Waals surface area (Å²) in [7, 11) is 0. The summed E-state index contributed by atoms with van der Waals surface area (Å²) >= 11 is 6.49. The van der Waals surface area contributed by atoms with Crippen molar-refractivity contribution >= 4 is 46.4 Å². The Kier molecular flexibility index (Phi) is 9.42. The molecule has 5 aromatic rings. The summed E-state index contributed by atoms with van der Waals surface area (Å²) in [6.07, 6.45) is -0.436. The van der Waals surface area contributed by atoms with E-state index in [1.54, 1.807) is 48.5 Å². The predicted octanol–water partition coefficient (Wildman–Crippen LogP) is 7.14. The molecule has 1 aliphatic rings. The highest BCUT2D eigenvalue weighted by molar-refractivity contribution is 6.31. The number of carbonyl (C=O) groups excluding carboxylic acids is 3. The molecule has 0 aromatic heterocycles. The molecule has 47 heavy (non-hydrogen) atoms. The summed E-state index contributed by atoms with van der Waals surface area (Å²) < 4.78 is 14.2. The van der Waals surface area contributed by atoms with Gasteiger partial charge in [-0.25, -0.2) is 4.39 Å². The number of amides is 3. The van der Waals surface area contributed by atoms with Crippen LogP contribution < -0.4 is 20.9 Å². The van der Waals surface area contributed by atoms with E-state index in [4.69, 9.17) is 17.3 Å². The fourth-order valence-electron chi connectivity index (χ4n) is 5.68. The normalized spacial score (nSPS) is 14.5. The molecular formula is C38H32ClFN4O3. The molecule has 9 heteroatoms. The molecule has 3 amide bonds. The van der Waals surface area contributed by atoms with Crippen molar-refractivity contribution < 1.29 is 18.8 Å². The molecule has 0 fully saturated rings. The van der Waals surface area contributed by atoms with Gasteiger partial charge >= 0.3 is 0 Å².